The van der Waals surface area contributed by atoms with Crippen molar-refractivity contribution in [3.63, 3.8) is 0 Å². The fourth-order valence-electron chi connectivity index (χ4n) is 2.27. The largest absolute Gasteiger partial charge is 0.242 e. The summed E-state index contributed by atoms with van der Waals surface area (Å²) in [5.41, 5.74) is 1.52. The van der Waals surface area contributed by atoms with E-state index in [-0.39, 0.29) is 0 Å². The second-order valence-electron chi connectivity index (χ2n) is 6.50. The van der Waals surface area contributed by atoms with Gasteiger partial charge in [0.15, 0.2) is 0 Å². The molecule has 5 heteroatoms. The highest BCUT2D eigenvalue weighted by Gasteiger charge is 2.23. The summed E-state index contributed by atoms with van der Waals surface area (Å²) >= 11 is 7.28. The number of halogens is 1. The molecule has 0 atom stereocenters. The molecular weight excluding hydrogens is 378 g/mol. The van der Waals surface area contributed by atoms with E-state index < -0.39 is 8.07 Å². The summed E-state index contributed by atoms with van der Waals surface area (Å²) in [6, 6.07) is 2.48. The van der Waals surface area contributed by atoms with Gasteiger partial charge in [0.25, 0.3) is 0 Å². The van der Waals surface area contributed by atoms with Gasteiger partial charge in [-0.05, 0) is 44.9 Å². The molecule has 0 radical (unpaired) electrons. The normalized spacial score (nSPS) is 12.0. The summed E-state index contributed by atoms with van der Waals surface area (Å²) in [7, 11) is -1.24. The summed E-state index contributed by atoms with van der Waals surface area (Å²) < 4.78 is 2.73. The number of aromatic nitrogens is 1. The Kier molecular flexibility index (Phi) is 6.23. The lowest BCUT2D eigenvalue weighted by Crippen LogP contribution is -2.34. The monoisotopic (exact) mass is 401 g/mol. The standard InChI is InChI=1S/C16H24BrNS2Si/c1-5-6-7-8-9-12-10-14(21(2,3)4)20-15(12)16-18-11-13(17)19-16/h10-11H,5-9H2,1-4H3. The molecule has 0 aromatic carbocycles. The number of hydrogen-bond acceptors (Lipinski definition) is 3. The van der Waals surface area contributed by atoms with Crippen LogP contribution in [0.2, 0.25) is 19.6 Å². The third-order valence-electron chi connectivity index (χ3n) is 3.52. The van der Waals surface area contributed by atoms with E-state index in [2.05, 4.69) is 53.5 Å². The first-order chi connectivity index (χ1) is 9.91. The molecule has 0 N–H and O–H groups in total. The van der Waals surface area contributed by atoms with Gasteiger partial charge in [-0.15, -0.1) is 22.7 Å². The van der Waals surface area contributed by atoms with E-state index in [9.17, 15) is 0 Å². The van der Waals surface area contributed by atoms with E-state index >= 15 is 0 Å². The molecule has 1 nitrogen and oxygen atoms in total. The molecule has 21 heavy (non-hydrogen) atoms. The molecule has 0 spiro atoms. The van der Waals surface area contributed by atoms with Gasteiger partial charge in [0.2, 0.25) is 0 Å². The quantitative estimate of drug-likeness (QED) is 0.391. The minimum Gasteiger partial charge on any atom is -0.242 e. The van der Waals surface area contributed by atoms with E-state index in [0.717, 1.165) is 3.79 Å². The van der Waals surface area contributed by atoms with Crippen molar-refractivity contribution < 1.29 is 0 Å². The molecule has 2 aromatic heterocycles. The molecule has 0 aliphatic heterocycles. The van der Waals surface area contributed by atoms with Crippen molar-refractivity contribution in [1.29, 1.82) is 0 Å². The predicted octanol–water partition coefficient (Wildman–Crippen LogP) is 6.30. The Morgan fingerprint density at radius 3 is 2.48 bits per heavy atom. The van der Waals surface area contributed by atoms with Gasteiger partial charge < -0.3 is 0 Å². The van der Waals surface area contributed by atoms with Crippen LogP contribution in [0.15, 0.2) is 16.0 Å². The van der Waals surface area contributed by atoms with Crippen LogP contribution in [0.4, 0.5) is 0 Å². The van der Waals surface area contributed by atoms with Crippen LogP contribution in [0.1, 0.15) is 38.2 Å². The van der Waals surface area contributed by atoms with Crippen LogP contribution in [0.3, 0.4) is 0 Å². The Balaban J connectivity index is 2.26. The fourth-order valence-corrected chi connectivity index (χ4v) is 6.69. The number of nitrogens with zero attached hydrogens (tertiary/aromatic N) is 1. The van der Waals surface area contributed by atoms with Crippen molar-refractivity contribution in [3.05, 3.63) is 21.6 Å². The van der Waals surface area contributed by atoms with Crippen molar-refractivity contribution >= 4 is 51.2 Å². The number of aryl methyl sites for hydroxylation is 1. The highest BCUT2D eigenvalue weighted by molar-refractivity contribution is 9.11. The van der Waals surface area contributed by atoms with Crippen LogP contribution in [0, 0.1) is 0 Å². The van der Waals surface area contributed by atoms with E-state index in [0.29, 0.717) is 0 Å². The van der Waals surface area contributed by atoms with Gasteiger partial charge in [0, 0.05) is 0 Å². The first kappa shape index (κ1) is 17.4. The van der Waals surface area contributed by atoms with Crippen LogP contribution in [-0.4, -0.2) is 13.1 Å². The average molecular weight is 402 g/mol. The lowest BCUT2D eigenvalue weighted by Gasteiger charge is -2.12. The SMILES string of the molecule is CCCCCCc1cc([Si](C)(C)C)sc1-c1ncc(Br)s1. The molecule has 2 rings (SSSR count). The van der Waals surface area contributed by atoms with Crippen molar-refractivity contribution in [2.24, 2.45) is 0 Å². The third kappa shape index (κ3) is 4.75. The van der Waals surface area contributed by atoms with Gasteiger partial charge in [-0.1, -0.05) is 45.8 Å². The minimum absolute atomic E-state index is 1.12. The molecule has 0 saturated carbocycles. The summed E-state index contributed by atoms with van der Waals surface area (Å²) in [6.07, 6.45) is 8.42. The van der Waals surface area contributed by atoms with E-state index in [1.54, 1.807) is 15.8 Å². The Morgan fingerprint density at radius 2 is 1.90 bits per heavy atom. The highest BCUT2D eigenvalue weighted by atomic mass is 79.9. The van der Waals surface area contributed by atoms with Crippen molar-refractivity contribution in [2.75, 3.05) is 0 Å². The molecule has 116 valence electrons. The van der Waals surface area contributed by atoms with E-state index in [1.807, 2.05) is 17.5 Å². The zero-order chi connectivity index (χ0) is 15.5. The Hall–Kier alpha value is 0.0269. The zero-order valence-corrected chi connectivity index (χ0v) is 17.6. The van der Waals surface area contributed by atoms with Crippen LogP contribution < -0.4 is 4.50 Å². The van der Waals surface area contributed by atoms with Gasteiger partial charge in [-0.25, -0.2) is 4.98 Å². The number of hydrogen-bond donors (Lipinski definition) is 0. The summed E-state index contributed by atoms with van der Waals surface area (Å²) in [5.74, 6) is 0. The second kappa shape index (κ2) is 7.53. The fraction of sp³-hybridized carbons (Fsp3) is 0.562. The zero-order valence-electron chi connectivity index (χ0n) is 13.3. The third-order valence-corrected chi connectivity index (χ3v) is 9.91. The maximum absolute atomic E-state index is 4.58. The molecule has 0 aliphatic rings. The Labute approximate surface area is 146 Å². The van der Waals surface area contributed by atoms with Gasteiger partial charge in [-0.3, -0.25) is 0 Å². The number of thiazole rings is 1. The molecule has 0 fully saturated rings. The van der Waals surface area contributed by atoms with E-state index in [1.165, 1.54) is 47.6 Å². The molecule has 0 unspecified atom stereocenters. The van der Waals surface area contributed by atoms with Crippen molar-refractivity contribution in [1.82, 2.24) is 4.98 Å². The van der Waals surface area contributed by atoms with Gasteiger partial charge >= 0.3 is 0 Å². The highest BCUT2D eigenvalue weighted by Crippen LogP contribution is 2.35. The lowest BCUT2D eigenvalue weighted by atomic mass is 10.1. The minimum atomic E-state index is -1.24. The van der Waals surface area contributed by atoms with Gasteiger partial charge in [0.1, 0.15) is 5.01 Å². The number of rotatable bonds is 7. The summed E-state index contributed by atoms with van der Waals surface area (Å²) in [4.78, 5) is 6.00. The summed E-state index contributed by atoms with van der Waals surface area (Å²) in [5, 5.41) is 1.18. The molecule has 2 aromatic rings. The Morgan fingerprint density at radius 1 is 1.14 bits per heavy atom. The van der Waals surface area contributed by atoms with Crippen LogP contribution in [0.5, 0.6) is 0 Å². The van der Waals surface area contributed by atoms with Crippen molar-refractivity contribution in [3.8, 4) is 9.88 Å². The first-order valence-corrected chi connectivity index (χ1v) is 13.6. The van der Waals surface area contributed by atoms with Crippen LogP contribution >= 0.6 is 38.6 Å². The molecule has 0 saturated heterocycles. The second-order valence-corrected chi connectivity index (χ2v) is 15.4. The summed E-state index contributed by atoms with van der Waals surface area (Å²) in [6.45, 7) is 9.57. The topological polar surface area (TPSA) is 12.9 Å². The maximum Gasteiger partial charge on any atom is 0.134 e. The van der Waals surface area contributed by atoms with Crippen molar-refractivity contribution in [2.45, 2.75) is 58.7 Å². The van der Waals surface area contributed by atoms with Crippen LogP contribution in [-0.2, 0) is 6.42 Å². The van der Waals surface area contributed by atoms with E-state index in [4.69, 9.17) is 0 Å². The smallest absolute Gasteiger partial charge is 0.134 e. The molecular formula is C16H24BrNS2Si. The van der Waals surface area contributed by atoms with Crippen LogP contribution in [0.25, 0.3) is 9.88 Å². The average Bonchev–Trinajstić information content (AvgIpc) is 3.00. The first-order valence-electron chi connectivity index (χ1n) is 7.66. The Bertz CT molecular complexity index is 583. The number of unbranched alkanes of at least 4 members (excludes halogenated alkanes) is 3. The maximum atomic E-state index is 4.58. The molecule has 0 amide bonds. The molecule has 0 bridgehead atoms. The molecule has 2 heterocycles. The lowest BCUT2D eigenvalue weighted by molar-refractivity contribution is 0.668. The molecule has 0 aliphatic carbocycles. The number of thiophene rings is 1. The van der Waals surface area contributed by atoms with Gasteiger partial charge in [0.05, 0.1) is 22.9 Å². The predicted molar refractivity (Wildman–Crippen MR) is 104 cm³/mol. The van der Waals surface area contributed by atoms with Gasteiger partial charge in [-0.2, -0.15) is 0 Å².